The Kier molecular flexibility index (Phi) is 4.15. The third-order valence-corrected chi connectivity index (χ3v) is 3.57. The number of aromatic nitrogens is 4. The summed E-state index contributed by atoms with van der Waals surface area (Å²) in [5, 5.41) is 8.89. The van der Waals surface area contributed by atoms with Crippen LogP contribution in [-0.4, -0.2) is 33.6 Å². The minimum absolute atomic E-state index is 0.322. The van der Waals surface area contributed by atoms with E-state index >= 15 is 0 Å². The SMILES string of the molecule is CCc1nn(C)c(Cl)c1-c1nc(C(C)(C)COC)no1. The first-order valence-electron chi connectivity index (χ1n) is 6.45. The number of rotatable bonds is 5. The van der Waals surface area contributed by atoms with E-state index in [9.17, 15) is 0 Å². The lowest BCUT2D eigenvalue weighted by atomic mass is 9.94. The predicted octanol–water partition coefficient (Wildman–Crippen LogP) is 2.61. The number of ether oxygens (including phenoxy) is 1. The van der Waals surface area contributed by atoms with Gasteiger partial charge < -0.3 is 9.26 Å². The van der Waals surface area contributed by atoms with Gasteiger partial charge in [0.1, 0.15) is 5.15 Å². The summed E-state index contributed by atoms with van der Waals surface area (Å²) < 4.78 is 12.2. The molecule has 0 bridgehead atoms. The number of nitrogens with zero attached hydrogens (tertiary/aromatic N) is 4. The number of methoxy groups -OCH3 is 1. The van der Waals surface area contributed by atoms with Crippen molar-refractivity contribution in [3.8, 4) is 11.5 Å². The van der Waals surface area contributed by atoms with E-state index in [0.29, 0.717) is 29.0 Å². The summed E-state index contributed by atoms with van der Waals surface area (Å²) in [6.07, 6.45) is 0.745. The number of hydrogen-bond acceptors (Lipinski definition) is 5. The molecule has 2 rings (SSSR count). The normalized spacial score (nSPS) is 12.1. The van der Waals surface area contributed by atoms with Crippen LogP contribution in [0.3, 0.4) is 0 Å². The maximum Gasteiger partial charge on any atom is 0.262 e. The highest BCUT2D eigenvalue weighted by molar-refractivity contribution is 6.32. The van der Waals surface area contributed by atoms with E-state index < -0.39 is 0 Å². The van der Waals surface area contributed by atoms with Crippen molar-refractivity contribution >= 4 is 11.6 Å². The summed E-state index contributed by atoms with van der Waals surface area (Å²) in [7, 11) is 3.44. The molecule has 0 aliphatic carbocycles. The van der Waals surface area contributed by atoms with Gasteiger partial charge in [-0.15, -0.1) is 0 Å². The second-order valence-corrected chi connectivity index (χ2v) is 5.69. The lowest BCUT2D eigenvalue weighted by Crippen LogP contribution is -2.25. The molecule has 0 aromatic carbocycles. The van der Waals surface area contributed by atoms with Crippen molar-refractivity contribution in [1.29, 1.82) is 0 Å². The maximum absolute atomic E-state index is 6.26. The summed E-state index contributed by atoms with van der Waals surface area (Å²) in [5.41, 5.74) is 1.23. The molecule has 0 aliphatic heterocycles. The third kappa shape index (κ3) is 2.58. The van der Waals surface area contributed by atoms with Crippen LogP contribution in [0.2, 0.25) is 5.15 Å². The molecule has 0 aliphatic rings. The first kappa shape index (κ1) is 15.0. The lowest BCUT2D eigenvalue weighted by Gasteiger charge is -2.18. The van der Waals surface area contributed by atoms with E-state index in [4.69, 9.17) is 20.9 Å². The molecule has 0 N–H and O–H groups in total. The van der Waals surface area contributed by atoms with Gasteiger partial charge in [-0.05, 0) is 6.42 Å². The first-order chi connectivity index (χ1) is 9.40. The zero-order valence-electron chi connectivity index (χ0n) is 12.4. The fourth-order valence-electron chi connectivity index (χ4n) is 2.04. The highest BCUT2D eigenvalue weighted by atomic mass is 35.5. The highest BCUT2D eigenvalue weighted by Gasteiger charge is 2.29. The Labute approximate surface area is 123 Å². The summed E-state index contributed by atoms with van der Waals surface area (Å²) in [4.78, 5) is 4.46. The van der Waals surface area contributed by atoms with Crippen LogP contribution in [0.1, 0.15) is 32.3 Å². The molecule has 0 unspecified atom stereocenters. The van der Waals surface area contributed by atoms with Gasteiger partial charge in [-0.3, -0.25) is 4.68 Å². The smallest absolute Gasteiger partial charge is 0.262 e. The lowest BCUT2D eigenvalue weighted by molar-refractivity contribution is 0.141. The number of halogens is 1. The van der Waals surface area contributed by atoms with Crippen molar-refractivity contribution in [2.24, 2.45) is 7.05 Å². The van der Waals surface area contributed by atoms with Gasteiger partial charge in [0.2, 0.25) is 0 Å². The summed E-state index contributed by atoms with van der Waals surface area (Å²) >= 11 is 6.26. The molecule has 2 aromatic rings. The standard InChI is InChI=1S/C13H19ClN4O2/c1-6-8-9(10(14)18(4)16-8)11-15-12(17-20-11)13(2,3)7-19-5/h6-7H2,1-5H3. The van der Waals surface area contributed by atoms with Crippen LogP contribution in [-0.2, 0) is 23.6 Å². The second kappa shape index (κ2) is 5.54. The van der Waals surface area contributed by atoms with Crippen LogP contribution >= 0.6 is 11.6 Å². The Morgan fingerprint density at radius 2 is 2.10 bits per heavy atom. The molecule has 0 amide bonds. The van der Waals surface area contributed by atoms with Crippen molar-refractivity contribution in [3.63, 3.8) is 0 Å². The Morgan fingerprint density at radius 3 is 2.70 bits per heavy atom. The zero-order valence-corrected chi connectivity index (χ0v) is 13.2. The minimum atomic E-state index is -0.322. The highest BCUT2D eigenvalue weighted by Crippen LogP contribution is 2.31. The van der Waals surface area contributed by atoms with E-state index in [1.54, 1.807) is 18.8 Å². The molecule has 7 heteroatoms. The Morgan fingerprint density at radius 1 is 1.40 bits per heavy atom. The van der Waals surface area contributed by atoms with Crippen molar-refractivity contribution in [2.45, 2.75) is 32.6 Å². The Balaban J connectivity index is 2.44. The van der Waals surface area contributed by atoms with Crippen molar-refractivity contribution in [2.75, 3.05) is 13.7 Å². The molecule has 0 fully saturated rings. The van der Waals surface area contributed by atoms with E-state index in [-0.39, 0.29) is 5.41 Å². The van der Waals surface area contributed by atoms with Crippen LogP contribution < -0.4 is 0 Å². The average Bonchev–Trinajstić information content (AvgIpc) is 2.96. The van der Waals surface area contributed by atoms with Gasteiger partial charge >= 0.3 is 0 Å². The zero-order chi connectivity index (χ0) is 14.9. The molecule has 0 spiro atoms. The van der Waals surface area contributed by atoms with E-state index in [2.05, 4.69) is 15.2 Å². The molecular formula is C13H19ClN4O2. The second-order valence-electron chi connectivity index (χ2n) is 5.33. The summed E-state index contributed by atoms with van der Waals surface area (Å²) in [5.74, 6) is 0.996. The van der Waals surface area contributed by atoms with Crippen LogP contribution in [0.15, 0.2) is 4.52 Å². The van der Waals surface area contributed by atoms with Crippen LogP contribution in [0.5, 0.6) is 0 Å². The van der Waals surface area contributed by atoms with Gasteiger partial charge in [-0.1, -0.05) is 37.5 Å². The predicted molar refractivity (Wildman–Crippen MR) is 75.8 cm³/mol. The van der Waals surface area contributed by atoms with E-state index in [0.717, 1.165) is 12.1 Å². The quantitative estimate of drug-likeness (QED) is 0.849. The van der Waals surface area contributed by atoms with Crippen molar-refractivity contribution in [1.82, 2.24) is 19.9 Å². The van der Waals surface area contributed by atoms with Gasteiger partial charge in [0.25, 0.3) is 5.89 Å². The molecule has 2 aromatic heterocycles. The van der Waals surface area contributed by atoms with Gasteiger partial charge in [-0.25, -0.2) is 0 Å². The molecular weight excluding hydrogens is 280 g/mol. The van der Waals surface area contributed by atoms with E-state index in [1.807, 2.05) is 20.8 Å². The third-order valence-electron chi connectivity index (χ3n) is 3.13. The molecule has 2 heterocycles. The van der Waals surface area contributed by atoms with E-state index in [1.165, 1.54) is 0 Å². The van der Waals surface area contributed by atoms with Gasteiger partial charge in [0.05, 0.1) is 23.3 Å². The number of aryl methyl sites for hydroxylation is 2. The van der Waals surface area contributed by atoms with Crippen LogP contribution in [0.25, 0.3) is 11.5 Å². The van der Waals surface area contributed by atoms with Crippen molar-refractivity contribution in [3.05, 3.63) is 16.7 Å². The molecule has 0 saturated heterocycles. The molecule has 110 valence electrons. The van der Waals surface area contributed by atoms with Gasteiger partial charge in [0, 0.05) is 14.2 Å². The van der Waals surface area contributed by atoms with Crippen molar-refractivity contribution < 1.29 is 9.26 Å². The first-order valence-corrected chi connectivity index (χ1v) is 6.83. The van der Waals surface area contributed by atoms with Gasteiger partial charge in [0.15, 0.2) is 5.82 Å². The molecule has 0 saturated carbocycles. The van der Waals surface area contributed by atoms with Crippen LogP contribution in [0.4, 0.5) is 0 Å². The van der Waals surface area contributed by atoms with Gasteiger partial charge in [-0.2, -0.15) is 10.1 Å². The Hall–Kier alpha value is -1.40. The topological polar surface area (TPSA) is 66.0 Å². The molecule has 6 nitrogen and oxygen atoms in total. The molecule has 0 radical (unpaired) electrons. The molecule has 20 heavy (non-hydrogen) atoms. The fraction of sp³-hybridized carbons (Fsp3) is 0.615. The average molecular weight is 299 g/mol. The summed E-state index contributed by atoms with van der Waals surface area (Å²) in [6.45, 7) is 6.51. The number of hydrogen-bond donors (Lipinski definition) is 0. The maximum atomic E-state index is 6.26. The Bertz CT molecular complexity index is 604. The van der Waals surface area contributed by atoms with Crippen LogP contribution in [0, 0.1) is 0 Å². The fourth-order valence-corrected chi connectivity index (χ4v) is 2.27. The minimum Gasteiger partial charge on any atom is -0.384 e. The molecule has 0 atom stereocenters. The largest absolute Gasteiger partial charge is 0.384 e. The monoisotopic (exact) mass is 298 g/mol. The summed E-state index contributed by atoms with van der Waals surface area (Å²) in [6, 6.07) is 0.